The molecule has 0 aliphatic carbocycles. The number of benzene rings is 1. The first-order valence-electron chi connectivity index (χ1n) is 7.46. The summed E-state index contributed by atoms with van der Waals surface area (Å²) in [5.74, 6) is -0.263. The van der Waals surface area contributed by atoms with E-state index >= 15 is 0 Å². The van der Waals surface area contributed by atoms with Gasteiger partial charge in [0.05, 0.1) is 11.7 Å². The predicted molar refractivity (Wildman–Crippen MR) is 91.1 cm³/mol. The maximum absolute atomic E-state index is 12.4. The molecule has 0 radical (unpaired) electrons. The van der Waals surface area contributed by atoms with Crippen LogP contribution in [0, 0.1) is 5.92 Å². The molecule has 1 heterocycles. The minimum atomic E-state index is -3.23. The molecule has 5 nitrogen and oxygen atoms in total. The maximum atomic E-state index is 12.4. The number of amides is 1. The van der Waals surface area contributed by atoms with Crippen molar-refractivity contribution >= 4 is 37.5 Å². The predicted octanol–water partition coefficient (Wildman–Crippen LogP) is 2.84. The molecule has 1 aliphatic rings. The van der Waals surface area contributed by atoms with Gasteiger partial charge in [0.2, 0.25) is 15.9 Å². The lowest BCUT2D eigenvalue weighted by Crippen LogP contribution is -2.44. The minimum Gasteiger partial charge on any atom is -0.326 e. The lowest BCUT2D eigenvalue weighted by atomic mass is 9.99. The molecule has 2 rings (SSSR count). The molecule has 0 saturated carbocycles. The van der Waals surface area contributed by atoms with Crippen molar-refractivity contribution in [3.8, 4) is 0 Å². The van der Waals surface area contributed by atoms with Crippen LogP contribution in [0.5, 0.6) is 0 Å². The van der Waals surface area contributed by atoms with Gasteiger partial charge in [-0.25, -0.2) is 12.7 Å². The first-order valence-corrected chi connectivity index (χ1v) is 9.87. The van der Waals surface area contributed by atoms with Gasteiger partial charge in [-0.3, -0.25) is 4.79 Å². The molecule has 1 amide bonds. The number of piperidine rings is 1. The van der Waals surface area contributed by atoms with Crippen LogP contribution in [-0.4, -0.2) is 37.5 Å². The quantitative estimate of drug-likeness (QED) is 0.842. The van der Waals surface area contributed by atoms with Gasteiger partial charge in [0.15, 0.2) is 0 Å². The molecular formula is C15H21BrN2O3S. The van der Waals surface area contributed by atoms with Gasteiger partial charge in [-0.05, 0) is 37.5 Å². The lowest BCUT2D eigenvalue weighted by molar-refractivity contribution is -0.120. The molecule has 1 fully saturated rings. The number of sulfonamides is 1. The summed E-state index contributed by atoms with van der Waals surface area (Å²) in [6, 6.07) is 7.37. The Morgan fingerprint density at radius 1 is 1.45 bits per heavy atom. The highest BCUT2D eigenvalue weighted by molar-refractivity contribution is 9.10. The van der Waals surface area contributed by atoms with E-state index in [4.69, 9.17) is 0 Å². The molecule has 22 heavy (non-hydrogen) atoms. The number of carbonyl (C=O) groups is 1. The average Bonchev–Trinajstić information content (AvgIpc) is 2.47. The lowest BCUT2D eigenvalue weighted by Gasteiger charge is -2.31. The van der Waals surface area contributed by atoms with Gasteiger partial charge >= 0.3 is 0 Å². The zero-order chi connectivity index (χ0) is 16.2. The second-order valence-corrected chi connectivity index (χ2v) is 8.52. The molecule has 0 aromatic heterocycles. The topological polar surface area (TPSA) is 66.5 Å². The Labute approximate surface area is 140 Å². The van der Waals surface area contributed by atoms with E-state index in [-0.39, 0.29) is 24.1 Å². The van der Waals surface area contributed by atoms with Gasteiger partial charge in [-0.1, -0.05) is 28.9 Å². The molecule has 1 saturated heterocycles. The third-order valence-electron chi connectivity index (χ3n) is 3.70. The molecule has 0 bridgehead atoms. The van der Waals surface area contributed by atoms with E-state index in [2.05, 4.69) is 21.2 Å². The van der Waals surface area contributed by atoms with Crippen molar-refractivity contribution < 1.29 is 13.2 Å². The third-order valence-corrected chi connectivity index (χ3v) is 6.24. The third kappa shape index (κ3) is 4.54. The van der Waals surface area contributed by atoms with E-state index in [0.29, 0.717) is 18.7 Å². The van der Waals surface area contributed by atoms with Crippen molar-refractivity contribution in [2.24, 2.45) is 5.92 Å². The Morgan fingerprint density at radius 3 is 2.91 bits per heavy atom. The summed E-state index contributed by atoms with van der Waals surface area (Å²) in [5.41, 5.74) is 0.716. The van der Waals surface area contributed by atoms with Gasteiger partial charge in [-0.2, -0.15) is 0 Å². The maximum Gasteiger partial charge on any atom is 0.228 e. The van der Waals surface area contributed by atoms with Crippen molar-refractivity contribution in [3.05, 3.63) is 28.7 Å². The summed E-state index contributed by atoms with van der Waals surface area (Å²) in [6.45, 7) is 2.64. The Morgan fingerprint density at radius 2 is 2.23 bits per heavy atom. The van der Waals surface area contributed by atoms with E-state index in [1.165, 1.54) is 4.31 Å². The largest absolute Gasteiger partial charge is 0.326 e. The molecule has 0 spiro atoms. The number of halogens is 1. The smallest absolute Gasteiger partial charge is 0.228 e. The van der Waals surface area contributed by atoms with Crippen molar-refractivity contribution in [3.63, 3.8) is 0 Å². The summed E-state index contributed by atoms with van der Waals surface area (Å²) in [4.78, 5) is 12.4. The number of hydrogen-bond donors (Lipinski definition) is 1. The van der Waals surface area contributed by atoms with E-state index in [0.717, 1.165) is 17.3 Å². The molecule has 7 heteroatoms. The summed E-state index contributed by atoms with van der Waals surface area (Å²) >= 11 is 3.36. The van der Waals surface area contributed by atoms with Crippen LogP contribution in [0.4, 0.5) is 5.69 Å². The Bertz CT molecular complexity index is 633. The second-order valence-electron chi connectivity index (χ2n) is 5.51. The molecule has 1 atom stereocenters. The monoisotopic (exact) mass is 388 g/mol. The number of nitrogens with one attached hydrogen (secondary N) is 1. The summed E-state index contributed by atoms with van der Waals surface area (Å²) in [6.07, 6.45) is 2.03. The van der Waals surface area contributed by atoms with Crippen molar-refractivity contribution in [2.75, 3.05) is 24.2 Å². The van der Waals surface area contributed by atoms with E-state index < -0.39 is 10.0 Å². The van der Waals surface area contributed by atoms with Gasteiger partial charge < -0.3 is 5.32 Å². The van der Waals surface area contributed by atoms with Crippen LogP contribution in [0.25, 0.3) is 0 Å². The number of nitrogens with zero attached hydrogens (tertiary/aromatic N) is 1. The van der Waals surface area contributed by atoms with Crippen LogP contribution in [0.2, 0.25) is 0 Å². The van der Waals surface area contributed by atoms with Crippen LogP contribution in [0.3, 0.4) is 0 Å². The summed E-state index contributed by atoms with van der Waals surface area (Å²) < 4.78 is 26.6. The summed E-state index contributed by atoms with van der Waals surface area (Å²) in [5, 5.41) is 2.87. The van der Waals surface area contributed by atoms with Crippen LogP contribution in [0.15, 0.2) is 28.7 Å². The fraction of sp³-hybridized carbons (Fsp3) is 0.533. The molecule has 1 aromatic rings. The fourth-order valence-corrected chi connectivity index (χ4v) is 4.59. The van der Waals surface area contributed by atoms with Crippen LogP contribution in [-0.2, 0) is 14.8 Å². The van der Waals surface area contributed by atoms with Gasteiger partial charge in [0.1, 0.15) is 0 Å². The van der Waals surface area contributed by atoms with Crippen LogP contribution in [0.1, 0.15) is 26.2 Å². The van der Waals surface area contributed by atoms with Crippen molar-refractivity contribution in [2.45, 2.75) is 26.2 Å². The molecule has 0 unspecified atom stereocenters. The summed E-state index contributed by atoms with van der Waals surface area (Å²) in [7, 11) is -3.23. The van der Waals surface area contributed by atoms with Crippen molar-refractivity contribution in [1.82, 2.24) is 4.31 Å². The van der Waals surface area contributed by atoms with E-state index in [1.54, 1.807) is 0 Å². The first-order chi connectivity index (χ1) is 10.4. The number of carbonyl (C=O) groups excluding carboxylic acids is 1. The molecule has 122 valence electrons. The van der Waals surface area contributed by atoms with Crippen LogP contribution < -0.4 is 5.32 Å². The normalized spacial score (nSPS) is 19.8. The Balaban J connectivity index is 2.01. The zero-order valence-corrected chi connectivity index (χ0v) is 15.0. The zero-order valence-electron chi connectivity index (χ0n) is 12.6. The number of anilines is 1. The van der Waals surface area contributed by atoms with Crippen molar-refractivity contribution in [1.29, 1.82) is 0 Å². The number of hydrogen-bond acceptors (Lipinski definition) is 3. The first kappa shape index (κ1) is 17.4. The highest BCUT2D eigenvalue weighted by Crippen LogP contribution is 2.22. The fourth-order valence-electron chi connectivity index (χ4n) is 2.61. The van der Waals surface area contributed by atoms with E-state index in [1.807, 2.05) is 31.2 Å². The second kappa shape index (κ2) is 7.57. The molecule has 1 aliphatic heterocycles. The van der Waals surface area contributed by atoms with E-state index in [9.17, 15) is 13.2 Å². The highest BCUT2D eigenvalue weighted by Gasteiger charge is 2.31. The molecular weight excluding hydrogens is 368 g/mol. The Hall–Kier alpha value is -0.920. The van der Waals surface area contributed by atoms with Gasteiger partial charge in [0.25, 0.3) is 0 Å². The highest BCUT2D eigenvalue weighted by atomic mass is 79.9. The molecule has 1 aromatic carbocycles. The van der Waals surface area contributed by atoms with Crippen LogP contribution >= 0.6 is 15.9 Å². The molecule has 1 N–H and O–H groups in total. The standard InChI is InChI=1S/C15H21BrN2O3S/c1-2-9-22(20,21)18-8-4-5-12(11-18)15(19)17-14-7-3-6-13(16)10-14/h3,6-7,10,12H,2,4-5,8-9,11H2,1H3,(H,17,19)/t12-/m0/s1. The number of rotatable bonds is 5. The average molecular weight is 389 g/mol. The van der Waals surface area contributed by atoms with Gasteiger partial charge in [-0.15, -0.1) is 0 Å². The minimum absolute atomic E-state index is 0.116. The Kier molecular flexibility index (Phi) is 6.00. The SMILES string of the molecule is CCCS(=O)(=O)N1CCC[C@H](C(=O)Nc2cccc(Br)c2)C1. The van der Waals surface area contributed by atoms with Gasteiger partial charge in [0, 0.05) is 23.2 Å².